The average Bonchev–Trinajstić information content (AvgIpc) is 3.29. The van der Waals surface area contributed by atoms with Gasteiger partial charge in [-0.05, 0) is 57.9 Å². The zero-order chi connectivity index (χ0) is 21.4. The van der Waals surface area contributed by atoms with E-state index in [1.54, 1.807) is 0 Å². The molecule has 2 heterocycles. The number of aryl methyl sites for hydroxylation is 4. The minimum atomic E-state index is -0.377. The van der Waals surface area contributed by atoms with Gasteiger partial charge in [0.05, 0.1) is 6.42 Å². The first-order valence-electron chi connectivity index (χ1n) is 10.1. The van der Waals surface area contributed by atoms with Crippen molar-refractivity contribution in [1.82, 2.24) is 20.4 Å². The fourth-order valence-corrected chi connectivity index (χ4v) is 3.89. The number of carbonyl (C=O) groups excluding carboxylic acids is 1. The summed E-state index contributed by atoms with van der Waals surface area (Å²) in [7, 11) is 0. The van der Waals surface area contributed by atoms with Crippen molar-refractivity contribution in [2.24, 2.45) is 0 Å². The molecule has 0 saturated heterocycles. The zero-order valence-electron chi connectivity index (χ0n) is 18.0. The van der Waals surface area contributed by atoms with Gasteiger partial charge in [-0.1, -0.05) is 40.5 Å². The number of rotatable bonds is 5. The van der Waals surface area contributed by atoms with Crippen LogP contribution >= 0.6 is 0 Å². The third-order valence-corrected chi connectivity index (χ3v) is 5.37. The maximum atomic E-state index is 12.8. The average molecular weight is 402 g/mol. The number of nitrogens with zero attached hydrogens (tertiary/aromatic N) is 2. The van der Waals surface area contributed by atoms with Crippen LogP contribution in [0.4, 0.5) is 0 Å². The number of aromatic amines is 1. The van der Waals surface area contributed by atoms with E-state index in [1.165, 1.54) is 11.1 Å². The highest BCUT2D eigenvalue weighted by molar-refractivity contribution is 5.92. The third kappa shape index (κ3) is 3.85. The molecule has 1 unspecified atom stereocenters. The van der Waals surface area contributed by atoms with Crippen LogP contribution in [0.15, 0.2) is 40.9 Å². The van der Waals surface area contributed by atoms with Crippen LogP contribution in [-0.4, -0.2) is 21.0 Å². The summed E-state index contributed by atoms with van der Waals surface area (Å²) in [6.45, 7) is 10.0. The summed E-state index contributed by atoms with van der Waals surface area (Å²) < 4.78 is 5.40. The summed E-state index contributed by atoms with van der Waals surface area (Å²) >= 11 is 0. The number of fused-ring (bicyclic) bond motifs is 1. The molecule has 154 valence electrons. The van der Waals surface area contributed by atoms with Gasteiger partial charge in [0, 0.05) is 22.2 Å². The van der Waals surface area contributed by atoms with Crippen molar-refractivity contribution < 1.29 is 9.32 Å². The molecule has 0 radical (unpaired) electrons. The van der Waals surface area contributed by atoms with Crippen LogP contribution in [0, 0.1) is 27.7 Å². The molecule has 6 nitrogen and oxygen atoms in total. The van der Waals surface area contributed by atoms with Crippen molar-refractivity contribution >= 4 is 16.8 Å². The molecule has 1 amide bonds. The summed E-state index contributed by atoms with van der Waals surface area (Å²) in [5.41, 5.74) is 7.51. The maximum Gasteiger partial charge on any atom is 0.249 e. The molecule has 2 aromatic heterocycles. The molecule has 2 aromatic carbocycles. The number of amides is 1. The van der Waals surface area contributed by atoms with E-state index in [1.807, 2.05) is 45.0 Å². The molecule has 4 aromatic rings. The highest BCUT2D eigenvalue weighted by Crippen LogP contribution is 2.27. The van der Waals surface area contributed by atoms with E-state index in [-0.39, 0.29) is 18.4 Å². The van der Waals surface area contributed by atoms with Crippen molar-refractivity contribution in [1.29, 1.82) is 0 Å². The van der Waals surface area contributed by atoms with E-state index < -0.39 is 0 Å². The Bertz CT molecular complexity index is 1240. The Hall–Kier alpha value is -3.41. The first-order valence-corrected chi connectivity index (χ1v) is 10.1. The van der Waals surface area contributed by atoms with Gasteiger partial charge in [-0.15, -0.1) is 0 Å². The quantitative estimate of drug-likeness (QED) is 0.499. The number of nitrogens with one attached hydrogen (secondary N) is 2. The van der Waals surface area contributed by atoms with Crippen LogP contribution in [0.1, 0.15) is 46.8 Å². The van der Waals surface area contributed by atoms with Gasteiger partial charge < -0.3 is 14.8 Å². The summed E-state index contributed by atoms with van der Waals surface area (Å²) in [5.74, 6) is 0.830. The van der Waals surface area contributed by atoms with E-state index in [9.17, 15) is 4.79 Å². The van der Waals surface area contributed by atoms with Gasteiger partial charge in [-0.25, -0.2) is 0 Å². The fraction of sp³-hybridized carbons (Fsp3) is 0.292. The first kappa shape index (κ1) is 19.9. The molecule has 0 aliphatic rings. The zero-order valence-corrected chi connectivity index (χ0v) is 18.0. The van der Waals surface area contributed by atoms with Crippen LogP contribution in [0.2, 0.25) is 0 Å². The third-order valence-electron chi connectivity index (χ3n) is 5.37. The number of H-pyrrole nitrogens is 1. The molecule has 0 spiro atoms. The number of hydrogen-bond acceptors (Lipinski definition) is 4. The second-order valence-corrected chi connectivity index (χ2v) is 8.02. The Morgan fingerprint density at radius 3 is 2.70 bits per heavy atom. The SMILES string of the molecule is Cc1cccc(-c2noc(C(C)NC(=O)Cc3c(C)[nH]c4c(C)cc(C)cc34)n2)c1. The Kier molecular flexibility index (Phi) is 5.16. The minimum absolute atomic E-state index is 0.0824. The summed E-state index contributed by atoms with van der Waals surface area (Å²) in [5, 5.41) is 8.15. The van der Waals surface area contributed by atoms with Crippen molar-refractivity contribution in [3.05, 3.63) is 70.2 Å². The lowest BCUT2D eigenvalue weighted by molar-refractivity contribution is -0.121. The predicted molar refractivity (Wildman–Crippen MR) is 117 cm³/mol. The predicted octanol–water partition coefficient (Wildman–Crippen LogP) is 4.87. The molecule has 1 atom stereocenters. The molecule has 0 bridgehead atoms. The molecule has 6 heteroatoms. The van der Waals surface area contributed by atoms with E-state index >= 15 is 0 Å². The van der Waals surface area contributed by atoms with Crippen molar-refractivity contribution in [3.8, 4) is 11.4 Å². The lowest BCUT2D eigenvalue weighted by Crippen LogP contribution is -2.28. The number of carbonyl (C=O) groups is 1. The monoisotopic (exact) mass is 402 g/mol. The summed E-state index contributed by atoms with van der Waals surface area (Å²) in [6, 6.07) is 11.8. The first-order chi connectivity index (χ1) is 14.3. The Morgan fingerprint density at radius 2 is 1.93 bits per heavy atom. The Balaban J connectivity index is 1.50. The number of benzene rings is 2. The van der Waals surface area contributed by atoms with Crippen LogP contribution < -0.4 is 5.32 Å². The van der Waals surface area contributed by atoms with Crippen molar-refractivity contribution in [2.45, 2.75) is 47.1 Å². The van der Waals surface area contributed by atoms with Gasteiger partial charge in [0.1, 0.15) is 6.04 Å². The van der Waals surface area contributed by atoms with E-state index in [0.29, 0.717) is 11.7 Å². The van der Waals surface area contributed by atoms with Crippen molar-refractivity contribution in [3.63, 3.8) is 0 Å². The number of hydrogen-bond donors (Lipinski definition) is 2. The normalized spacial score (nSPS) is 12.3. The molecule has 4 rings (SSSR count). The molecule has 0 aliphatic carbocycles. The van der Waals surface area contributed by atoms with Gasteiger partial charge in [0.15, 0.2) is 0 Å². The van der Waals surface area contributed by atoms with Gasteiger partial charge in [0.25, 0.3) is 0 Å². The van der Waals surface area contributed by atoms with E-state index in [2.05, 4.69) is 46.4 Å². The number of aromatic nitrogens is 3. The molecular formula is C24H26N4O2. The van der Waals surface area contributed by atoms with Crippen LogP contribution in [0.3, 0.4) is 0 Å². The molecule has 0 saturated carbocycles. The molecule has 0 fully saturated rings. The van der Waals surface area contributed by atoms with Crippen LogP contribution in [0.5, 0.6) is 0 Å². The van der Waals surface area contributed by atoms with E-state index in [0.717, 1.165) is 33.3 Å². The molecule has 30 heavy (non-hydrogen) atoms. The Labute approximate surface area is 175 Å². The highest BCUT2D eigenvalue weighted by Gasteiger charge is 2.20. The van der Waals surface area contributed by atoms with Gasteiger partial charge >= 0.3 is 0 Å². The lowest BCUT2D eigenvalue weighted by atomic mass is 10.0. The molecular weight excluding hydrogens is 376 g/mol. The maximum absolute atomic E-state index is 12.8. The van der Waals surface area contributed by atoms with Crippen LogP contribution in [-0.2, 0) is 11.2 Å². The topological polar surface area (TPSA) is 83.8 Å². The van der Waals surface area contributed by atoms with Gasteiger partial charge in [-0.3, -0.25) is 4.79 Å². The lowest BCUT2D eigenvalue weighted by Gasteiger charge is -2.10. The van der Waals surface area contributed by atoms with E-state index in [4.69, 9.17) is 4.52 Å². The Morgan fingerprint density at radius 1 is 1.13 bits per heavy atom. The fourth-order valence-electron chi connectivity index (χ4n) is 3.89. The standard InChI is InChI=1S/C24H26N4O2/c1-13-7-6-8-18(10-13)23-27-24(30-28-23)17(5)25-21(29)12-19-16(4)26-22-15(3)9-14(2)11-20(19)22/h6-11,17,26H,12H2,1-5H3,(H,25,29). The second kappa shape index (κ2) is 7.78. The molecule has 2 N–H and O–H groups in total. The van der Waals surface area contributed by atoms with Gasteiger partial charge in [-0.2, -0.15) is 4.98 Å². The summed E-state index contributed by atoms with van der Waals surface area (Å²) in [6.07, 6.45) is 0.290. The van der Waals surface area contributed by atoms with Gasteiger partial charge in [0.2, 0.25) is 17.6 Å². The largest absolute Gasteiger partial charge is 0.358 e. The minimum Gasteiger partial charge on any atom is -0.358 e. The smallest absolute Gasteiger partial charge is 0.249 e. The highest BCUT2D eigenvalue weighted by atomic mass is 16.5. The van der Waals surface area contributed by atoms with Crippen LogP contribution in [0.25, 0.3) is 22.3 Å². The summed E-state index contributed by atoms with van der Waals surface area (Å²) in [4.78, 5) is 20.6. The molecule has 0 aliphatic heterocycles. The van der Waals surface area contributed by atoms with Crippen molar-refractivity contribution in [2.75, 3.05) is 0 Å². The second-order valence-electron chi connectivity index (χ2n) is 8.02.